The molecule has 0 spiro atoms. The standard InChI is InChI=1S/C20H30BrNO7/c1-12(2)14-11-28-19(26)22(14)18(25)13(3)17-15(24)10-16(21)20(27,29-17)8-6-4-5-7-9-23/h10,12-14,17,23,27H,4-9,11H2,1-3H3/t13-,14+,17-,20+/m0/s1. The summed E-state index contributed by atoms with van der Waals surface area (Å²) >= 11 is 3.21. The molecule has 0 unspecified atom stereocenters. The van der Waals surface area contributed by atoms with E-state index in [1.165, 1.54) is 13.0 Å². The van der Waals surface area contributed by atoms with Gasteiger partial charge in [0.25, 0.3) is 0 Å². The first kappa shape index (κ1) is 24.0. The van der Waals surface area contributed by atoms with Crippen LogP contribution in [0.15, 0.2) is 10.6 Å². The smallest absolute Gasteiger partial charge is 0.416 e. The Hall–Kier alpha value is -1.29. The van der Waals surface area contributed by atoms with Crippen molar-refractivity contribution in [2.24, 2.45) is 11.8 Å². The summed E-state index contributed by atoms with van der Waals surface area (Å²) in [7, 11) is 0. The number of carbonyl (C=O) groups excluding carboxylic acids is 3. The van der Waals surface area contributed by atoms with Gasteiger partial charge in [0.05, 0.1) is 16.4 Å². The molecular formula is C20H30BrNO7. The van der Waals surface area contributed by atoms with E-state index >= 15 is 0 Å². The molecule has 2 rings (SSSR count). The van der Waals surface area contributed by atoms with Crippen molar-refractivity contribution in [2.75, 3.05) is 13.2 Å². The fourth-order valence-corrected chi connectivity index (χ4v) is 4.05. The van der Waals surface area contributed by atoms with Gasteiger partial charge in [0, 0.05) is 13.0 Å². The van der Waals surface area contributed by atoms with Gasteiger partial charge in [-0.05, 0) is 40.8 Å². The van der Waals surface area contributed by atoms with E-state index in [-0.39, 0.29) is 30.0 Å². The van der Waals surface area contributed by atoms with Gasteiger partial charge in [-0.15, -0.1) is 0 Å². The Balaban J connectivity index is 2.11. The third-order valence-electron chi connectivity index (χ3n) is 5.42. The second kappa shape index (κ2) is 10.1. The van der Waals surface area contributed by atoms with E-state index in [0.29, 0.717) is 12.8 Å². The van der Waals surface area contributed by atoms with Gasteiger partial charge in [-0.3, -0.25) is 9.59 Å². The Labute approximate surface area is 179 Å². The van der Waals surface area contributed by atoms with E-state index in [2.05, 4.69) is 15.9 Å². The third kappa shape index (κ3) is 5.45. The number of halogens is 1. The molecule has 0 bridgehead atoms. The molecule has 4 atom stereocenters. The lowest BCUT2D eigenvalue weighted by molar-refractivity contribution is -0.217. The summed E-state index contributed by atoms with van der Waals surface area (Å²) < 4.78 is 11.0. The van der Waals surface area contributed by atoms with Crippen LogP contribution >= 0.6 is 15.9 Å². The number of ether oxygens (including phenoxy) is 2. The highest BCUT2D eigenvalue weighted by molar-refractivity contribution is 9.11. The number of hydrogen-bond donors (Lipinski definition) is 2. The van der Waals surface area contributed by atoms with Crippen molar-refractivity contribution in [3.8, 4) is 0 Å². The zero-order valence-electron chi connectivity index (χ0n) is 17.1. The Bertz CT molecular complexity index is 665. The number of cyclic esters (lactones) is 1. The number of unbranched alkanes of at least 4 members (excludes halogenated alkanes) is 3. The number of nitrogens with zero attached hydrogens (tertiary/aromatic N) is 1. The van der Waals surface area contributed by atoms with Crippen LogP contribution in [0.4, 0.5) is 4.79 Å². The van der Waals surface area contributed by atoms with E-state index in [1.54, 1.807) is 0 Å². The van der Waals surface area contributed by atoms with Crippen molar-refractivity contribution in [2.45, 2.75) is 70.8 Å². The van der Waals surface area contributed by atoms with Gasteiger partial charge < -0.3 is 19.7 Å². The Morgan fingerprint density at radius 2 is 1.93 bits per heavy atom. The van der Waals surface area contributed by atoms with Gasteiger partial charge in [-0.25, -0.2) is 9.69 Å². The van der Waals surface area contributed by atoms with Crippen LogP contribution in [-0.4, -0.2) is 64.0 Å². The first-order valence-corrected chi connectivity index (χ1v) is 10.8. The quantitative estimate of drug-likeness (QED) is 0.492. The highest BCUT2D eigenvalue weighted by atomic mass is 79.9. The zero-order valence-corrected chi connectivity index (χ0v) is 18.7. The summed E-state index contributed by atoms with van der Waals surface area (Å²) in [6.45, 7) is 5.53. The second-order valence-corrected chi connectivity index (χ2v) is 8.84. The SMILES string of the molecule is CC(C)[C@H]1COC(=O)N1C(=O)[C@@H](C)[C@@H]1O[C@](O)(CCCCCCO)C(Br)=CC1=O. The lowest BCUT2D eigenvalue weighted by Gasteiger charge is -2.38. The molecule has 0 aromatic rings. The van der Waals surface area contributed by atoms with Crippen molar-refractivity contribution < 1.29 is 34.1 Å². The second-order valence-electron chi connectivity index (χ2n) is 7.99. The monoisotopic (exact) mass is 475 g/mol. The molecule has 0 aromatic heterocycles. The Morgan fingerprint density at radius 3 is 2.55 bits per heavy atom. The number of ketones is 1. The topological polar surface area (TPSA) is 113 Å². The molecule has 8 nitrogen and oxygen atoms in total. The van der Waals surface area contributed by atoms with Crippen LogP contribution in [0.3, 0.4) is 0 Å². The lowest BCUT2D eigenvalue weighted by Crippen LogP contribution is -2.52. The van der Waals surface area contributed by atoms with Gasteiger partial charge in [-0.2, -0.15) is 0 Å². The molecule has 2 N–H and O–H groups in total. The Kier molecular flexibility index (Phi) is 8.39. The Morgan fingerprint density at radius 1 is 1.28 bits per heavy atom. The molecule has 2 aliphatic rings. The van der Waals surface area contributed by atoms with Crippen LogP contribution in [-0.2, 0) is 19.1 Å². The molecule has 1 saturated heterocycles. The van der Waals surface area contributed by atoms with Gasteiger partial charge >= 0.3 is 6.09 Å². The number of carbonyl (C=O) groups is 3. The van der Waals surface area contributed by atoms with Crippen LogP contribution in [0, 0.1) is 11.8 Å². The highest BCUT2D eigenvalue weighted by Gasteiger charge is 2.48. The zero-order chi connectivity index (χ0) is 21.8. The van der Waals surface area contributed by atoms with Crippen LogP contribution in [0.2, 0.25) is 0 Å². The molecule has 0 aromatic carbocycles. The first-order chi connectivity index (χ1) is 13.6. The highest BCUT2D eigenvalue weighted by Crippen LogP contribution is 2.37. The maximum atomic E-state index is 13.0. The maximum absolute atomic E-state index is 13.0. The maximum Gasteiger partial charge on any atom is 0.416 e. The van der Waals surface area contributed by atoms with Crippen molar-refractivity contribution >= 4 is 33.7 Å². The van der Waals surface area contributed by atoms with Crippen LogP contribution < -0.4 is 0 Å². The van der Waals surface area contributed by atoms with Crippen molar-refractivity contribution in [3.63, 3.8) is 0 Å². The summed E-state index contributed by atoms with van der Waals surface area (Å²) in [5.41, 5.74) is 0. The number of aliphatic hydroxyl groups is 2. The predicted molar refractivity (Wildman–Crippen MR) is 108 cm³/mol. The molecule has 0 saturated carbocycles. The molecule has 2 amide bonds. The van der Waals surface area contributed by atoms with E-state index < -0.39 is 41.6 Å². The van der Waals surface area contributed by atoms with Crippen LogP contribution in [0.5, 0.6) is 0 Å². The molecule has 2 aliphatic heterocycles. The minimum atomic E-state index is -1.71. The normalized spacial score (nSPS) is 28.5. The minimum Gasteiger partial charge on any atom is -0.447 e. The summed E-state index contributed by atoms with van der Waals surface area (Å²) in [6, 6.07) is -0.399. The number of hydrogen-bond acceptors (Lipinski definition) is 7. The molecule has 9 heteroatoms. The first-order valence-electron chi connectivity index (χ1n) is 10.0. The van der Waals surface area contributed by atoms with Gasteiger partial charge in [-0.1, -0.05) is 33.6 Å². The average molecular weight is 476 g/mol. The van der Waals surface area contributed by atoms with E-state index in [9.17, 15) is 19.5 Å². The molecular weight excluding hydrogens is 446 g/mol. The average Bonchev–Trinajstić information content (AvgIpc) is 3.05. The van der Waals surface area contributed by atoms with Gasteiger partial charge in [0.2, 0.25) is 5.91 Å². The molecule has 0 radical (unpaired) electrons. The fourth-order valence-electron chi connectivity index (χ4n) is 3.53. The molecule has 0 aliphatic carbocycles. The van der Waals surface area contributed by atoms with E-state index in [1.807, 2.05) is 13.8 Å². The van der Waals surface area contributed by atoms with Crippen LogP contribution in [0.1, 0.15) is 52.9 Å². The van der Waals surface area contributed by atoms with E-state index in [4.69, 9.17) is 14.6 Å². The fraction of sp³-hybridized carbons (Fsp3) is 0.750. The largest absolute Gasteiger partial charge is 0.447 e. The molecule has 29 heavy (non-hydrogen) atoms. The number of rotatable bonds is 9. The van der Waals surface area contributed by atoms with Crippen molar-refractivity contribution in [1.29, 1.82) is 0 Å². The van der Waals surface area contributed by atoms with Crippen molar-refractivity contribution in [3.05, 3.63) is 10.6 Å². The van der Waals surface area contributed by atoms with Gasteiger partial charge in [0.15, 0.2) is 11.6 Å². The number of imide groups is 1. The molecule has 2 heterocycles. The minimum absolute atomic E-state index is 0.00506. The summed E-state index contributed by atoms with van der Waals surface area (Å²) in [5.74, 6) is -3.68. The lowest BCUT2D eigenvalue weighted by atomic mass is 9.93. The van der Waals surface area contributed by atoms with Gasteiger partial charge in [0.1, 0.15) is 12.7 Å². The molecule has 164 valence electrons. The van der Waals surface area contributed by atoms with E-state index in [0.717, 1.165) is 17.7 Å². The van der Waals surface area contributed by atoms with Crippen LogP contribution in [0.25, 0.3) is 0 Å². The predicted octanol–water partition coefficient (Wildman–Crippen LogP) is 2.50. The summed E-state index contributed by atoms with van der Waals surface area (Å²) in [6.07, 6.45) is 2.47. The number of aliphatic hydroxyl groups excluding tert-OH is 1. The van der Waals surface area contributed by atoms with Crippen molar-refractivity contribution in [1.82, 2.24) is 4.90 Å². The molecule has 1 fully saturated rings. The number of amides is 2. The summed E-state index contributed by atoms with van der Waals surface area (Å²) in [4.78, 5) is 38.6. The summed E-state index contributed by atoms with van der Waals surface area (Å²) in [5, 5.41) is 19.8. The third-order valence-corrected chi connectivity index (χ3v) is 6.27.